The van der Waals surface area contributed by atoms with Crippen molar-refractivity contribution >= 4 is 18.5 Å². The molecule has 196 valence electrons. The minimum atomic E-state index is -2.10. The molecule has 0 bridgehead atoms. The highest BCUT2D eigenvalue weighted by Gasteiger charge is 2.43. The molecule has 0 heterocycles. The Kier molecular flexibility index (Phi) is 6.59. The van der Waals surface area contributed by atoms with Gasteiger partial charge in [-0.05, 0) is 94.4 Å². The van der Waals surface area contributed by atoms with Gasteiger partial charge in [0, 0.05) is 0 Å². The van der Waals surface area contributed by atoms with Crippen molar-refractivity contribution in [1.82, 2.24) is 0 Å². The molecule has 0 fully saturated rings. The predicted octanol–water partition coefficient (Wildman–Crippen LogP) is 10.6. The average Bonchev–Trinajstić information content (AvgIpc) is 3.53. The van der Waals surface area contributed by atoms with E-state index in [1.807, 2.05) is 0 Å². The fraction of sp³-hybridized carbons (Fsp3) is 0.263. The molecule has 0 amide bonds. The topological polar surface area (TPSA) is 0 Å². The molecule has 39 heavy (non-hydrogen) atoms. The highest BCUT2D eigenvalue weighted by molar-refractivity contribution is 7.09. The summed E-state index contributed by atoms with van der Waals surface area (Å²) in [6, 6.07) is 32.3. The highest BCUT2D eigenvalue weighted by Crippen LogP contribution is 2.53. The molecule has 0 nitrogen and oxygen atoms in total. The average molecular weight is 525 g/mol. The van der Waals surface area contributed by atoms with E-state index < -0.39 is 8.07 Å². The van der Waals surface area contributed by atoms with Crippen LogP contribution in [0.15, 0.2) is 96.1 Å². The fourth-order valence-electron chi connectivity index (χ4n) is 7.26. The predicted molar refractivity (Wildman–Crippen MR) is 173 cm³/mol. The first-order chi connectivity index (χ1) is 18.8. The smallest absolute Gasteiger partial charge is 0.0658 e. The number of rotatable bonds is 6. The molecule has 4 aromatic carbocycles. The summed E-state index contributed by atoms with van der Waals surface area (Å²) >= 11 is 0. The fourth-order valence-corrected chi connectivity index (χ4v) is 11.6. The van der Waals surface area contributed by atoms with Crippen molar-refractivity contribution < 1.29 is 0 Å². The van der Waals surface area contributed by atoms with Gasteiger partial charge in [0.25, 0.3) is 0 Å². The van der Waals surface area contributed by atoms with Crippen LogP contribution in [0.25, 0.3) is 32.6 Å². The maximum atomic E-state index is 2.64. The Balaban J connectivity index is 1.58. The van der Waals surface area contributed by atoms with E-state index in [-0.39, 0.29) is 0 Å². The van der Waals surface area contributed by atoms with Crippen molar-refractivity contribution in [2.45, 2.75) is 66.5 Å². The van der Waals surface area contributed by atoms with Gasteiger partial charge in [0.15, 0.2) is 0 Å². The van der Waals surface area contributed by atoms with Crippen LogP contribution in [-0.4, -0.2) is 8.07 Å². The molecule has 2 aliphatic rings. The van der Waals surface area contributed by atoms with E-state index in [2.05, 4.69) is 126 Å². The van der Waals surface area contributed by atoms with Crippen molar-refractivity contribution in [3.05, 3.63) is 129 Å². The van der Waals surface area contributed by atoms with Crippen LogP contribution in [0.5, 0.6) is 0 Å². The number of benzene rings is 4. The van der Waals surface area contributed by atoms with Gasteiger partial charge in [0.05, 0.1) is 0 Å². The molecule has 0 N–H and O–H groups in total. The molecular formula is C38H40Si. The molecule has 0 unspecified atom stereocenters. The maximum Gasteiger partial charge on any atom is 0.113 e. The number of allylic oxidation sites excluding steroid dienone is 2. The summed E-state index contributed by atoms with van der Waals surface area (Å²) < 4.78 is 0. The highest BCUT2D eigenvalue weighted by atomic mass is 28.3. The zero-order valence-corrected chi connectivity index (χ0v) is 25.4. The second-order valence-electron chi connectivity index (χ2n) is 12.1. The van der Waals surface area contributed by atoms with Crippen LogP contribution < -0.4 is 0 Å². The van der Waals surface area contributed by atoms with E-state index in [0.29, 0.717) is 0 Å². The van der Waals surface area contributed by atoms with Crippen molar-refractivity contribution in [2.75, 3.05) is 0 Å². The SMILES string of the molecule is CCC1=C([Si](C)(C)C2=C(CC)Cc3cccc(-c4ccc(C)cc4)c32)c2c(cccc2-c2ccc(C)cc2)C1. The van der Waals surface area contributed by atoms with Gasteiger partial charge in [-0.1, -0.05) is 134 Å². The Bertz CT molecular complexity index is 1500. The van der Waals surface area contributed by atoms with E-state index in [1.165, 1.54) is 44.5 Å². The number of hydrogen-bond acceptors (Lipinski definition) is 0. The number of fused-ring (bicyclic) bond motifs is 2. The minimum Gasteiger partial charge on any atom is -0.0658 e. The Hall–Kier alpha value is -3.42. The first-order valence-electron chi connectivity index (χ1n) is 14.7. The second kappa shape index (κ2) is 9.95. The molecule has 0 saturated carbocycles. The summed E-state index contributed by atoms with van der Waals surface area (Å²) in [5.74, 6) is 0. The van der Waals surface area contributed by atoms with Crippen molar-refractivity contribution in [1.29, 1.82) is 0 Å². The molecule has 1 heteroatoms. The van der Waals surface area contributed by atoms with E-state index in [0.717, 1.165) is 25.7 Å². The first kappa shape index (κ1) is 25.8. The summed E-state index contributed by atoms with van der Waals surface area (Å²) in [6.07, 6.45) is 4.43. The monoisotopic (exact) mass is 524 g/mol. The summed E-state index contributed by atoms with van der Waals surface area (Å²) in [5.41, 5.74) is 17.6. The van der Waals surface area contributed by atoms with Crippen LogP contribution in [0.2, 0.25) is 13.1 Å². The van der Waals surface area contributed by atoms with Gasteiger partial charge in [-0.15, -0.1) is 0 Å². The van der Waals surface area contributed by atoms with Crippen molar-refractivity contribution in [2.24, 2.45) is 0 Å². The largest absolute Gasteiger partial charge is 0.113 e. The molecule has 0 atom stereocenters. The third-order valence-electron chi connectivity index (χ3n) is 9.14. The zero-order chi connectivity index (χ0) is 27.3. The van der Waals surface area contributed by atoms with Crippen LogP contribution in [-0.2, 0) is 12.8 Å². The van der Waals surface area contributed by atoms with Gasteiger partial charge in [0.2, 0.25) is 0 Å². The lowest BCUT2D eigenvalue weighted by molar-refractivity contribution is 1.03. The molecule has 4 aromatic rings. The lowest BCUT2D eigenvalue weighted by atomic mass is 9.96. The van der Waals surface area contributed by atoms with Gasteiger partial charge >= 0.3 is 0 Å². The third kappa shape index (κ3) is 4.28. The van der Waals surface area contributed by atoms with E-state index in [1.54, 1.807) is 32.7 Å². The Morgan fingerprint density at radius 1 is 0.538 bits per heavy atom. The van der Waals surface area contributed by atoms with E-state index >= 15 is 0 Å². The van der Waals surface area contributed by atoms with Crippen molar-refractivity contribution in [3.8, 4) is 22.3 Å². The zero-order valence-electron chi connectivity index (χ0n) is 24.4. The molecule has 0 saturated heterocycles. The number of hydrogen-bond donors (Lipinski definition) is 0. The molecular weight excluding hydrogens is 485 g/mol. The van der Waals surface area contributed by atoms with Gasteiger partial charge in [-0.25, -0.2) is 0 Å². The van der Waals surface area contributed by atoms with Crippen molar-refractivity contribution in [3.63, 3.8) is 0 Å². The van der Waals surface area contributed by atoms with E-state index in [9.17, 15) is 0 Å². The van der Waals surface area contributed by atoms with Crippen LogP contribution in [0.3, 0.4) is 0 Å². The Morgan fingerprint density at radius 2 is 0.923 bits per heavy atom. The summed E-state index contributed by atoms with van der Waals surface area (Å²) in [4.78, 5) is 0. The number of aryl methyl sites for hydroxylation is 2. The molecule has 0 aromatic heterocycles. The second-order valence-corrected chi connectivity index (χ2v) is 16.3. The van der Waals surface area contributed by atoms with Gasteiger partial charge < -0.3 is 0 Å². The maximum absolute atomic E-state index is 2.64. The Labute approximate surface area is 236 Å². The van der Waals surface area contributed by atoms with Gasteiger partial charge in [-0.2, -0.15) is 0 Å². The molecule has 2 aliphatic carbocycles. The Morgan fingerprint density at radius 3 is 1.28 bits per heavy atom. The third-order valence-corrected chi connectivity index (χ3v) is 12.9. The lowest BCUT2D eigenvalue weighted by Gasteiger charge is -2.32. The van der Waals surface area contributed by atoms with E-state index in [4.69, 9.17) is 0 Å². The van der Waals surface area contributed by atoms with Crippen LogP contribution in [0, 0.1) is 13.8 Å². The quantitative estimate of drug-likeness (QED) is 0.220. The first-order valence-corrected chi connectivity index (χ1v) is 17.7. The molecule has 0 radical (unpaired) electrons. The minimum absolute atomic E-state index is 1.10. The summed E-state index contributed by atoms with van der Waals surface area (Å²) in [5, 5.41) is 3.40. The summed E-state index contributed by atoms with van der Waals surface area (Å²) in [7, 11) is -2.10. The summed E-state index contributed by atoms with van der Waals surface area (Å²) in [6.45, 7) is 14.4. The van der Waals surface area contributed by atoms with Crippen LogP contribution in [0.1, 0.15) is 60.1 Å². The van der Waals surface area contributed by atoms with Crippen LogP contribution in [0.4, 0.5) is 0 Å². The lowest BCUT2D eigenvalue weighted by Crippen LogP contribution is -2.32. The molecule has 0 spiro atoms. The molecule has 0 aliphatic heterocycles. The molecule has 6 rings (SSSR count). The standard InChI is InChI=1S/C38H40Si/c1-7-27-23-31-11-9-13-33(29-19-15-25(3)16-20-29)35(31)37(27)39(5,6)38-28(8-2)24-32-12-10-14-34(36(32)38)30-21-17-26(4)18-22-30/h9-22H,7-8,23-24H2,1-6H3. The van der Waals surface area contributed by atoms with Gasteiger partial charge in [0.1, 0.15) is 8.07 Å². The van der Waals surface area contributed by atoms with Crippen LogP contribution >= 0.6 is 0 Å². The normalized spacial score (nSPS) is 14.7. The van der Waals surface area contributed by atoms with Gasteiger partial charge in [-0.3, -0.25) is 0 Å².